The molecule has 0 radical (unpaired) electrons. The Morgan fingerprint density at radius 3 is 2.86 bits per heavy atom. The van der Waals surface area contributed by atoms with Gasteiger partial charge in [0, 0.05) is 6.08 Å². The molecule has 0 saturated carbocycles. The lowest BCUT2D eigenvalue weighted by Crippen LogP contribution is -1.94. The number of anilines is 1. The Labute approximate surface area is 81.0 Å². The number of nitrogens with two attached hydrogens (primary N) is 1. The number of methoxy groups -OCH3 is 1. The first kappa shape index (κ1) is 10.2. The maximum absolute atomic E-state index is 12.9. The van der Waals surface area contributed by atoms with E-state index in [1.165, 1.54) is 31.4 Å². The van der Waals surface area contributed by atoms with Crippen molar-refractivity contribution in [3.63, 3.8) is 0 Å². The Bertz CT molecular complexity index is 374. The van der Waals surface area contributed by atoms with E-state index in [-0.39, 0.29) is 5.69 Å². The third kappa shape index (κ3) is 2.58. The summed E-state index contributed by atoms with van der Waals surface area (Å²) in [6.07, 6.45) is 2.67. The van der Waals surface area contributed by atoms with Gasteiger partial charge >= 0.3 is 5.97 Å². The van der Waals surface area contributed by atoms with Crippen molar-refractivity contribution in [1.82, 2.24) is 0 Å². The molecular formula is C10H10FNO2. The molecular weight excluding hydrogens is 185 g/mol. The molecule has 0 atom stereocenters. The Morgan fingerprint density at radius 2 is 2.29 bits per heavy atom. The lowest BCUT2D eigenvalue weighted by molar-refractivity contribution is -0.134. The standard InChI is InChI=1S/C10H10FNO2/c1-14-10(13)5-3-7-2-4-9(12)8(11)6-7/h2-6H,12H2,1H3. The highest BCUT2D eigenvalue weighted by Gasteiger charge is 1.98. The van der Waals surface area contributed by atoms with E-state index >= 15 is 0 Å². The summed E-state index contributed by atoms with van der Waals surface area (Å²) in [4.78, 5) is 10.7. The number of hydrogen-bond donors (Lipinski definition) is 1. The average molecular weight is 195 g/mol. The fourth-order valence-corrected chi connectivity index (χ4v) is 0.879. The molecule has 0 aliphatic carbocycles. The predicted molar refractivity (Wildman–Crippen MR) is 51.9 cm³/mol. The van der Waals surface area contributed by atoms with Gasteiger partial charge in [-0.2, -0.15) is 0 Å². The summed E-state index contributed by atoms with van der Waals surface area (Å²) < 4.78 is 17.3. The summed E-state index contributed by atoms with van der Waals surface area (Å²) in [5.74, 6) is -0.987. The van der Waals surface area contributed by atoms with Crippen molar-refractivity contribution in [2.45, 2.75) is 0 Å². The monoisotopic (exact) mass is 195 g/mol. The Kier molecular flexibility index (Phi) is 3.23. The second kappa shape index (κ2) is 4.41. The van der Waals surface area contributed by atoms with Gasteiger partial charge in [0.15, 0.2) is 0 Å². The Morgan fingerprint density at radius 1 is 1.57 bits per heavy atom. The Balaban J connectivity index is 2.83. The average Bonchev–Trinajstić information content (AvgIpc) is 2.19. The first-order valence-electron chi connectivity index (χ1n) is 3.94. The number of esters is 1. The quantitative estimate of drug-likeness (QED) is 0.443. The SMILES string of the molecule is COC(=O)C=Cc1ccc(N)c(F)c1. The van der Waals surface area contributed by atoms with Crippen LogP contribution in [0.25, 0.3) is 6.08 Å². The van der Waals surface area contributed by atoms with E-state index < -0.39 is 11.8 Å². The molecule has 0 amide bonds. The second-order valence-corrected chi connectivity index (χ2v) is 2.64. The van der Waals surface area contributed by atoms with Crippen molar-refractivity contribution in [2.24, 2.45) is 0 Å². The zero-order valence-corrected chi connectivity index (χ0v) is 7.66. The van der Waals surface area contributed by atoms with Crippen molar-refractivity contribution in [2.75, 3.05) is 12.8 Å². The van der Waals surface area contributed by atoms with Crippen molar-refractivity contribution in [1.29, 1.82) is 0 Å². The van der Waals surface area contributed by atoms with Crippen molar-refractivity contribution >= 4 is 17.7 Å². The van der Waals surface area contributed by atoms with Crippen LogP contribution in [0.4, 0.5) is 10.1 Å². The van der Waals surface area contributed by atoms with Gasteiger partial charge in [0.25, 0.3) is 0 Å². The fraction of sp³-hybridized carbons (Fsp3) is 0.100. The van der Waals surface area contributed by atoms with E-state index in [1.54, 1.807) is 6.07 Å². The van der Waals surface area contributed by atoms with Gasteiger partial charge in [-0.3, -0.25) is 0 Å². The molecule has 74 valence electrons. The highest BCUT2D eigenvalue weighted by molar-refractivity contribution is 5.86. The maximum Gasteiger partial charge on any atom is 0.330 e. The maximum atomic E-state index is 12.9. The van der Waals surface area contributed by atoms with Crippen molar-refractivity contribution in [3.05, 3.63) is 35.7 Å². The molecule has 0 aromatic heterocycles. The molecule has 2 N–H and O–H groups in total. The fourth-order valence-electron chi connectivity index (χ4n) is 0.879. The minimum absolute atomic E-state index is 0.0835. The van der Waals surface area contributed by atoms with Crippen LogP contribution in [0.15, 0.2) is 24.3 Å². The number of carbonyl (C=O) groups is 1. The molecule has 3 nitrogen and oxygen atoms in total. The number of benzene rings is 1. The summed E-state index contributed by atoms with van der Waals surface area (Å²) in [7, 11) is 1.27. The van der Waals surface area contributed by atoms with E-state index in [0.29, 0.717) is 5.56 Å². The second-order valence-electron chi connectivity index (χ2n) is 2.64. The van der Waals surface area contributed by atoms with Gasteiger partial charge in [-0.1, -0.05) is 6.07 Å². The largest absolute Gasteiger partial charge is 0.466 e. The summed E-state index contributed by atoms with van der Waals surface area (Å²) in [5, 5.41) is 0. The lowest BCUT2D eigenvalue weighted by Gasteiger charge is -1.97. The molecule has 0 heterocycles. The summed E-state index contributed by atoms with van der Waals surface area (Å²) >= 11 is 0. The lowest BCUT2D eigenvalue weighted by atomic mass is 10.2. The van der Waals surface area contributed by atoms with Crippen LogP contribution in [0.1, 0.15) is 5.56 Å². The smallest absolute Gasteiger partial charge is 0.330 e. The molecule has 0 saturated heterocycles. The molecule has 0 bridgehead atoms. The van der Waals surface area contributed by atoms with Crippen LogP contribution in [0, 0.1) is 5.82 Å². The highest BCUT2D eigenvalue weighted by Crippen LogP contribution is 2.12. The van der Waals surface area contributed by atoms with Gasteiger partial charge in [0.2, 0.25) is 0 Å². The number of hydrogen-bond acceptors (Lipinski definition) is 3. The van der Waals surface area contributed by atoms with E-state index in [9.17, 15) is 9.18 Å². The van der Waals surface area contributed by atoms with E-state index in [2.05, 4.69) is 4.74 Å². The van der Waals surface area contributed by atoms with Crippen LogP contribution in [-0.4, -0.2) is 13.1 Å². The van der Waals surface area contributed by atoms with Gasteiger partial charge < -0.3 is 10.5 Å². The predicted octanol–water partition coefficient (Wildman–Crippen LogP) is 1.59. The zero-order chi connectivity index (χ0) is 10.6. The van der Waals surface area contributed by atoms with Crippen molar-refractivity contribution in [3.8, 4) is 0 Å². The normalized spacial score (nSPS) is 10.4. The van der Waals surface area contributed by atoms with Gasteiger partial charge in [-0.15, -0.1) is 0 Å². The summed E-state index contributed by atoms with van der Waals surface area (Å²) in [6.45, 7) is 0. The van der Waals surface area contributed by atoms with Gasteiger partial charge in [-0.25, -0.2) is 9.18 Å². The molecule has 4 heteroatoms. The number of carbonyl (C=O) groups excluding carboxylic acids is 1. The topological polar surface area (TPSA) is 52.3 Å². The van der Waals surface area contributed by atoms with Crippen LogP contribution in [0.2, 0.25) is 0 Å². The van der Waals surface area contributed by atoms with Gasteiger partial charge in [-0.05, 0) is 23.8 Å². The molecule has 1 aromatic carbocycles. The number of ether oxygens (including phenoxy) is 1. The van der Waals surface area contributed by atoms with E-state index in [1.807, 2.05) is 0 Å². The first-order chi connectivity index (χ1) is 6.63. The summed E-state index contributed by atoms with van der Waals surface area (Å²) in [6, 6.07) is 4.29. The van der Waals surface area contributed by atoms with E-state index in [0.717, 1.165) is 0 Å². The van der Waals surface area contributed by atoms with Gasteiger partial charge in [0.05, 0.1) is 12.8 Å². The van der Waals surface area contributed by atoms with Crippen LogP contribution in [0.3, 0.4) is 0 Å². The van der Waals surface area contributed by atoms with Crippen LogP contribution in [-0.2, 0) is 9.53 Å². The van der Waals surface area contributed by atoms with Crippen LogP contribution in [0.5, 0.6) is 0 Å². The molecule has 1 rings (SSSR count). The van der Waals surface area contributed by atoms with Crippen molar-refractivity contribution < 1.29 is 13.9 Å². The molecule has 1 aromatic rings. The van der Waals surface area contributed by atoms with Crippen LogP contribution < -0.4 is 5.73 Å². The molecule has 0 unspecified atom stereocenters. The molecule has 0 fully saturated rings. The third-order valence-corrected chi connectivity index (χ3v) is 1.64. The number of nitrogen functional groups attached to an aromatic ring is 1. The molecule has 0 aliphatic heterocycles. The highest BCUT2D eigenvalue weighted by atomic mass is 19.1. The van der Waals surface area contributed by atoms with E-state index in [4.69, 9.17) is 5.73 Å². The minimum Gasteiger partial charge on any atom is -0.466 e. The number of rotatable bonds is 2. The number of halogens is 1. The van der Waals surface area contributed by atoms with Gasteiger partial charge in [0.1, 0.15) is 5.82 Å². The molecule has 14 heavy (non-hydrogen) atoms. The Hall–Kier alpha value is -1.84. The molecule has 0 spiro atoms. The van der Waals surface area contributed by atoms with Crippen LogP contribution >= 0.6 is 0 Å². The molecule has 0 aliphatic rings. The first-order valence-corrected chi connectivity index (χ1v) is 3.94. The minimum atomic E-state index is -0.503. The zero-order valence-electron chi connectivity index (χ0n) is 7.66. The third-order valence-electron chi connectivity index (χ3n) is 1.64. The summed E-state index contributed by atoms with van der Waals surface area (Å²) in [5.41, 5.74) is 5.92.